The van der Waals surface area contributed by atoms with E-state index < -0.39 is 11.9 Å². The Hall–Kier alpha value is -2.78. The van der Waals surface area contributed by atoms with E-state index in [4.69, 9.17) is 21.7 Å². The van der Waals surface area contributed by atoms with E-state index >= 15 is 0 Å². The van der Waals surface area contributed by atoms with Gasteiger partial charge in [0.15, 0.2) is 0 Å². The second-order valence-electron chi connectivity index (χ2n) is 5.97. The van der Waals surface area contributed by atoms with Crippen molar-refractivity contribution in [2.75, 3.05) is 19.6 Å². The zero-order valence-electron chi connectivity index (χ0n) is 15.9. The predicted molar refractivity (Wildman–Crippen MR) is 104 cm³/mol. The van der Waals surface area contributed by atoms with Crippen molar-refractivity contribution in [2.45, 2.75) is 38.5 Å². The van der Waals surface area contributed by atoms with Gasteiger partial charge in [0.25, 0.3) is 0 Å². The van der Waals surface area contributed by atoms with E-state index in [0.717, 1.165) is 25.3 Å². The summed E-state index contributed by atoms with van der Waals surface area (Å²) in [6.45, 7) is 1.55. The van der Waals surface area contributed by atoms with E-state index in [1.54, 1.807) is 0 Å². The van der Waals surface area contributed by atoms with Gasteiger partial charge in [0.2, 0.25) is 5.91 Å². The molecule has 1 aromatic carbocycles. The molecule has 0 fully saturated rings. The number of Topliss-reactive ketones (excluding diaryl/α,β-unsaturated/α-hetero) is 1. The molecule has 1 rings (SSSR count). The van der Waals surface area contributed by atoms with Gasteiger partial charge in [0.05, 0.1) is 11.1 Å². The van der Waals surface area contributed by atoms with E-state index in [1.165, 1.54) is 18.2 Å². The van der Waals surface area contributed by atoms with Gasteiger partial charge in [-0.3, -0.25) is 9.59 Å². The zero-order chi connectivity index (χ0) is 21.4. The third-order valence-electron chi connectivity index (χ3n) is 3.59. The largest absolute Gasteiger partial charge is 0.478 e. The molecule has 0 heterocycles. The number of carbonyl (C=O) groups excluding carboxylic acids is 2. The van der Waals surface area contributed by atoms with Crippen molar-refractivity contribution in [2.24, 2.45) is 11.5 Å². The van der Waals surface area contributed by atoms with Crippen LogP contribution in [-0.2, 0) is 9.59 Å². The van der Waals surface area contributed by atoms with Crippen LogP contribution in [-0.4, -0.2) is 53.5 Å². The van der Waals surface area contributed by atoms with Crippen LogP contribution >= 0.6 is 0 Å². The molecule has 0 spiro atoms. The van der Waals surface area contributed by atoms with Crippen molar-refractivity contribution in [3.63, 3.8) is 0 Å². The fourth-order valence-corrected chi connectivity index (χ4v) is 2.12. The van der Waals surface area contributed by atoms with Crippen molar-refractivity contribution in [3.8, 4) is 0 Å². The molecular formula is C19H29N3O6. The topological polar surface area (TPSA) is 173 Å². The van der Waals surface area contributed by atoms with Crippen molar-refractivity contribution in [1.29, 1.82) is 0 Å². The summed E-state index contributed by atoms with van der Waals surface area (Å²) in [7, 11) is 0. The molecule has 0 aromatic heterocycles. The molecule has 0 aliphatic carbocycles. The normalized spacial score (nSPS) is 9.79. The van der Waals surface area contributed by atoms with Gasteiger partial charge in [-0.1, -0.05) is 6.07 Å². The third-order valence-corrected chi connectivity index (χ3v) is 3.59. The maximum atomic E-state index is 11.2. The standard InChI is InChI=1S/C11H23N3O2.C8H6O4/c12-7-3-5-10(15)4-1-2-6-11(16)14-9-8-13;9-7(10)5-2-1-3-6(4-5)8(11)12/h1-9,12-13H2,(H,14,16);1-4H,(H,9,10)(H,11,12). The quantitative estimate of drug-likeness (QED) is 0.326. The fourth-order valence-electron chi connectivity index (χ4n) is 2.12. The van der Waals surface area contributed by atoms with Crippen LogP contribution in [0.1, 0.15) is 59.2 Å². The molecule has 28 heavy (non-hydrogen) atoms. The lowest BCUT2D eigenvalue weighted by atomic mass is 10.1. The summed E-state index contributed by atoms with van der Waals surface area (Å²) in [5.41, 5.74) is 10.5. The molecule has 9 nitrogen and oxygen atoms in total. The number of aromatic carboxylic acids is 2. The molecule has 0 bridgehead atoms. The highest BCUT2D eigenvalue weighted by atomic mass is 16.4. The lowest BCUT2D eigenvalue weighted by Crippen LogP contribution is -2.28. The summed E-state index contributed by atoms with van der Waals surface area (Å²) in [6.07, 6.45) is 3.89. The number of carboxylic acid groups (broad SMARTS) is 2. The molecule has 0 aliphatic heterocycles. The summed E-state index contributed by atoms with van der Waals surface area (Å²) < 4.78 is 0. The van der Waals surface area contributed by atoms with E-state index in [-0.39, 0.29) is 22.8 Å². The zero-order valence-corrected chi connectivity index (χ0v) is 15.9. The lowest BCUT2D eigenvalue weighted by Gasteiger charge is -2.03. The summed E-state index contributed by atoms with van der Waals surface area (Å²) in [6, 6.07) is 5.20. The maximum absolute atomic E-state index is 11.2. The van der Waals surface area contributed by atoms with Crippen LogP contribution in [0.25, 0.3) is 0 Å². The number of hydrogen-bond acceptors (Lipinski definition) is 6. The first-order valence-electron chi connectivity index (χ1n) is 9.07. The molecular weight excluding hydrogens is 366 g/mol. The third kappa shape index (κ3) is 12.6. The number of unbranched alkanes of at least 4 members (excludes halogenated alkanes) is 1. The van der Waals surface area contributed by atoms with Crippen LogP contribution in [0.15, 0.2) is 24.3 Å². The Morgan fingerprint density at radius 1 is 0.821 bits per heavy atom. The van der Waals surface area contributed by atoms with Crippen molar-refractivity contribution in [1.82, 2.24) is 5.32 Å². The first-order valence-corrected chi connectivity index (χ1v) is 9.07. The first-order chi connectivity index (χ1) is 13.3. The smallest absolute Gasteiger partial charge is 0.335 e. The predicted octanol–water partition coefficient (Wildman–Crippen LogP) is 1.01. The number of carbonyl (C=O) groups is 4. The molecule has 156 valence electrons. The number of ketones is 1. The first kappa shape index (κ1) is 25.2. The number of carboxylic acids is 2. The summed E-state index contributed by atoms with van der Waals surface area (Å²) in [5.74, 6) is -2.00. The number of hydrogen-bond donors (Lipinski definition) is 5. The molecule has 1 amide bonds. The highest BCUT2D eigenvalue weighted by Gasteiger charge is 2.07. The van der Waals surface area contributed by atoms with E-state index in [9.17, 15) is 19.2 Å². The van der Waals surface area contributed by atoms with E-state index in [0.29, 0.717) is 38.9 Å². The molecule has 0 aliphatic rings. The number of nitrogens with one attached hydrogen (secondary N) is 1. The van der Waals surface area contributed by atoms with Gasteiger partial charge in [0.1, 0.15) is 5.78 Å². The Morgan fingerprint density at radius 3 is 1.86 bits per heavy atom. The van der Waals surface area contributed by atoms with Crippen LogP contribution in [0.5, 0.6) is 0 Å². The summed E-state index contributed by atoms with van der Waals surface area (Å²) in [5, 5.41) is 19.7. The van der Waals surface area contributed by atoms with Crippen molar-refractivity contribution in [3.05, 3.63) is 35.4 Å². The Labute approximate surface area is 164 Å². The van der Waals surface area contributed by atoms with Crippen LogP contribution < -0.4 is 16.8 Å². The molecule has 9 heteroatoms. The minimum absolute atomic E-state index is 0.0138. The van der Waals surface area contributed by atoms with Crippen LogP contribution in [0, 0.1) is 0 Å². The number of nitrogens with two attached hydrogens (primary N) is 2. The molecule has 0 unspecified atom stereocenters. The maximum Gasteiger partial charge on any atom is 0.335 e. The van der Waals surface area contributed by atoms with Crippen LogP contribution in [0.4, 0.5) is 0 Å². The number of benzene rings is 1. The van der Waals surface area contributed by atoms with Crippen molar-refractivity contribution < 1.29 is 29.4 Å². The number of amides is 1. The van der Waals surface area contributed by atoms with E-state index in [1.807, 2.05) is 0 Å². The van der Waals surface area contributed by atoms with Gasteiger partial charge >= 0.3 is 11.9 Å². The second kappa shape index (κ2) is 15.3. The van der Waals surface area contributed by atoms with E-state index in [2.05, 4.69) is 5.32 Å². The van der Waals surface area contributed by atoms with Crippen LogP contribution in [0.3, 0.4) is 0 Å². The molecule has 0 radical (unpaired) electrons. The summed E-state index contributed by atoms with van der Waals surface area (Å²) in [4.78, 5) is 43.2. The molecule has 0 saturated carbocycles. The Bertz CT molecular complexity index is 597. The lowest BCUT2D eigenvalue weighted by molar-refractivity contribution is -0.122. The minimum atomic E-state index is -1.13. The van der Waals surface area contributed by atoms with Crippen molar-refractivity contribution >= 4 is 23.6 Å². The van der Waals surface area contributed by atoms with Gasteiger partial charge in [0, 0.05) is 32.4 Å². The summed E-state index contributed by atoms with van der Waals surface area (Å²) >= 11 is 0. The van der Waals surface area contributed by atoms with Gasteiger partial charge in [-0.15, -0.1) is 0 Å². The van der Waals surface area contributed by atoms with Gasteiger partial charge in [-0.25, -0.2) is 9.59 Å². The molecule has 7 N–H and O–H groups in total. The van der Waals surface area contributed by atoms with Gasteiger partial charge in [-0.2, -0.15) is 0 Å². The highest BCUT2D eigenvalue weighted by Crippen LogP contribution is 2.05. The monoisotopic (exact) mass is 395 g/mol. The highest BCUT2D eigenvalue weighted by molar-refractivity contribution is 5.93. The van der Waals surface area contributed by atoms with Gasteiger partial charge < -0.3 is 27.0 Å². The Morgan fingerprint density at radius 2 is 1.36 bits per heavy atom. The average molecular weight is 395 g/mol. The number of rotatable bonds is 12. The fraction of sp³-hybridized carbons (Fsp3) is 0.474. The SMILES string of the molecule is NCCCC(=O)CCCCC(=O)NCCN.O=C(O)c1cccc(C(=O)O)c1. The Kier molecular flexibility index (Phi) is 13.8. The van der Waals surface area contributed by atoms with Gasteiger partial charge in [-0.05, 0) is 44.0 Å². The molecule has 0 saturated heterocycles. The Balaban J connectivity index is 0.000000540. The average Bonchev–Trinajstić information content (AvgIpc) is 2.68. The minimum Gasteiger partial charge on any atom is -0.478 e. The van der Waals surface area contributed by atoms with Crippen LogP contribution in [0.2, 0.25) is 0 Å². The molecule has 1 aromatic rings. The second-order valence-corrected chi connectivity index (χ2v) is 5.97. The molecule has 0 atom stereocenters.